The number of nitrogens with zero attached hydrogens (tertiary/aromatic N) is 3. The minimum absolute atomic E-state index is 0.0595. The smallest absolute Gasteiger partial charge is 0.294 e. The van der Waals surface area contributed by atoms with Crippen LogP contribution in [0.1, 0.15) is 5.69 Å². The Bertz CT molecular complexity index is 326. The Morgan fingerprint density at radius 3 is 2.44 bits per heavy atom. The molecular formula is C7H9N3O6. The summed E-state index contributed by atoms with van der Waals surface area (Å²) in [6.07, 6.45) is 2.10. The van der Waals surface area contributed by atoms with Crippen LogP contribution in [0, 0.1) is 20.2 Å². The van der Waals surface area contributed by atoms with Crippen LogP contribution in [0.3, 0.4) is 0 Å². The molecule has 1 aromatic heterocycles. The fraction of sp³-hybridized carbons (Fsp3) is 0.286. The summed E-state index contributed by atoms with van der Waals surface area (Å²) in [6, 6.07) is 5.41. The summed E-state index contributed by atoms with van der Waals surface area (Å²) in [5.74, 6) is 0. The van der Waals surface area contributed by atoms with E-state index in [1.54, 1.807) is 18.3 Å². The average Bonchev–Trinajstić information content (AvgIpc) is 2.18. The van der Waals surface area contributed by atoms with Gasteiger partial charge in [0.25, 0.3) is 10.2 Å². The quantitative estimate of drug-likeness (QED) is 0.589. The minimum Gasteiger partial charge on any atom is -0.328 e. The lowest BCUT2D eigenvalue weighted by atomic mass is 10.3. The summed E-state index contributed by atoms with van der Waals surface area (Å²) in [5.41, 5.74) is 0.791. The molecule has 9 nitrogen and oxygen atoms in total. The summed E-state index contributed by atoms with van der Waals surface area (Å²) in [7, 11) is 0. The summed E-state index contributed by atoms with van der Waals surface area (Å²) >= 11 is 0. The molecule has 88 valence electrons. The van der Waals surface area contributed by atoms with Crippen LogP contribution < -0.4 is 0 Å². The van der Waals surface area contributed by atoms with Gasteiger partial charge in [0.15, 0.2) is 0 Å². The molecule has 0 bridgehead atoms. The second kappa shape index (κ2) is 7.91. The van der Waals surface area contributed by atoms with E-state index >= 15 is 0 Å². The molecule has 9 heteroatoms. The van der Waals surface area contributed by atoms with E-state index in [0.717, 1.165) is 5.69 Å². The number of hydrogen-bond donors (Lipinski definition) is 1. The normalized spacial score (nSPS) is 8.50. The first-order valence-corrected chi connectivity index (χ1v) is 4.03. The van der Waals surface area contributed by atoms with Crippen molar-refractivity contribution in [3.05, 3.63) is 50.3 Å². The Hall–Kier alpha value is -2.45. The molecule has 1 rings (SSSR count). The monoisotopic (exact) mass is 231 g/mol. The summed E-state index contributed by atoms with van der Waals surface area (Å²) in [6.45, 7) is 0.0595. The highest BCUT2D eigenvalue weighted by molar-refractivity contribution is 5.03. The van der Waals surface area contributed by atoms with E-state index in [9.17, 15) is 10.1 Å². The molecule has 0 fully saturated rings. The molecular weight excluding hydrogens is 222 g/mol. The van der Waals surface area contributed by atoms with Gasteiger partial charge in [0.1, 0.15) is 6.61 Å². The van der Waals surface area contributed by atoms with Gasteiger partial charge in [-0.15, -0.1) is 20.2 Å². The van der Waals surface area contributed by atoms with Crippen molar-refractivity contribution in [1.82, 2.24) is 4.98 Å². The van der Waals surface area contributed by atoms with Crippen LogP contribution in [-0.2, 0) is 11.3 Å². The lowest BCUT2D eigenvalue weighted by Crippen LogP contribution is -2.05. The maximum absolute atomic E-state index is 9.75. The molecule has 0 atom stereocenters. The van der Waals surface area contributed by atoms with Gasteiger partial charge in [-0.05, 0) is 12.1 Å². The maximum atomic E-state index is 9.75. The van der Waals surface area contributed by atoms with Crippen molar-refractivity contribution in [2.75, 3.05) is 6.61 Å². The third-order valence-corrected chi connectivity index (χ3v) is 1.28. The lowest BCUT2D eigenvalue weighted by Gasteiger charge is -1.97. The first-order valence-electron chi connectivity index (χ1n) is 4.03. The Morgan fingerprint density at radius 2 is 2.00 bits per heavy atom. The Kier molecular flexibility index (Phi) is 6.70. The van der Waals surface area contributed by atoms with Gasteiger partial charge in [-0.2, -0.15) is 0 Å². The summed E-state index contributed by atoms with van der Waals surface area (Å²) < 4.78 is 0. The number of hydrogen-bond acceptors (Lipinski definition) is 6. The number of aromatic nitrogens is 1. The predicted molar refractivity (Wildman–Crippen MR) is 49.7 cm³/mol. The second-order valence-electron chi connectivity index (χ2n) is 2.37. The molecule has 0 aliphatic carbocycles. The van der Waals surface area contributed by atoms with Crippen LogP contribution in [-0.4, -0.2) is 27.0 Å². The lowest BCUT2D eigenvalue weighted by molar-refractivity contribution is -0.757. The van der Waals surface area contributed by atoms with E-state index in [2.05, 4.69) is 9.82 Å². The van der Waals surface area contributed by atoms with E-state index in [-0.39, 0.29) is 6.61 Å². The van der Waals surface area contributed by atoms with Gasteiger partial charge in [0, 0.05) is 18.3 Å². The Labute approximate surface area is 89.5 Å². The van der Waals surface area contributed by atoms with Crippen LogP contribution in [0.5, 0.6) is 0 Å². The van der Waals surface area contributed by atoms with Crippen LogP contribution in [0.2, 0.25) is 0 Å². The van der Waals surface area contributed by atoms with Gasteiger partial charge in [-0.3, -0.25) is 4.98 Å². The van der Waals surface area contributed by atoms with Crippen molar-refractivity contribution in [2.24, 2.45) is 0 Å². The highest BCUT2D eigenvalue weighted by atomic mass is 16.9. The molecule has 16 heavy (non-hydrogen) atoms. The van der Waals surface area contributed by atoms with E-state index in [0.29, 0.717) is 6.42 Å². The minimum atomic E-state index is -1.50. The van der Waals surface area contributed by atoms with E-state index in [1.165, 1.54) is 0 Å². The molecule has 0 unspecified atom stereocenters. The van der Waals surface area contributed by atoms with Crippen molar-refractivity contribution in [3.8, 4) is 0 Å². The number of rotatable bonds is 4. The summed E-state index contributed by atoms with van der Waals surface area (Å²) in [5, 5.41) is 22.6. The molecule has 0 aliphatic heterocycles. The van der Waals surface area contributed by atoms with Crippen LogP contribution >= 0.6 is 0 Å². The molecule has 0 radical (unpaired) electrons. The van der Waals surface area contributed by atoms with E-state index in [4.69, 9.17) is 15.3 Å². The number of pyridine rings is 1. The van der Waals surface area contributed by atoms with Gasteiger partial charge in [0.2, 0.25) is 0 Å². The van der Waals surface area contributed by atoms with Crippen molar-refractivity contribution in [1.29, 1.82) is 0 Å². The van der Waals surface area contributed by atoms with Crippen molar-refractivity contribution in [2.45, 2.75) is 6.42 Å². The van der Waals surface area contributed by atoms with Crippen LogP contribution in [0.25, 0.3) is 0 Å². The van der Waals surface area contributed by atoms with Gasteiger partial charge in [-0.25, -0.2) is 0 Å². The average molecular weight is 231 g/mol. The molecule has 1 N–H and O–H groups in total. The SMILES string of the molecule is O=[N+]([O-])O.O=[N+]([O-])OCCc1ccccn1. The highest BCUT2D eigenvalue weighted by Crippen LogP contribution is 1.94. The maximum Gasteiger partial charge on any atom is 0.294 e. The van der Waals surface area contributed by atoms with Gasteiger partial charge in [0.05, 0.1) is 0 Å². The summed E-state index contributed by atoms with van der Waals surface area (Å²) in [4.78, 5) is 26.2. The van der Waals surface area contributed by atoms with Gasteiger partial charge >= 0.3 is 0 Å². The van der Waals surface area contributed by atoms with E-state index in [1.807, 2.05) is 6.07 Å². The Balaban J connectivity index is 0.000000487. The Morgan fingerprint density at radius 1 is 1.38 bits per heavy atom. The first-order chi connectivity index (χ1) is 7.52. The molecule has 0 amide bonds. The predicted octanol–water partition coefficient (Wildman–Crippen LogP) is 0.485. The van der Waals surface area contributed by atoms with E-state index < -0.39 is 10.2 Å². The molecule has 0 aliphatic rings. The van der Waals surface area contributed by atoms with Crippen LogP contribution in [0.4, 0.5) is 0 Å². The fourth-order valence-electron chi connectivity index (χ4n) is 0.771. The van der Waals surface area contributed by atoms with Crippen molar-refractivity contribution in [3.63, 3.8) is 0 Å². The molecule has 0 saturated heterocycles. The molecule has 0 aromatic carbocycles. The highest BCUT2D eigenvalue weighted by Gasteiger charge is 1.96. The van der Waals surface area contributed by atoms with Crippen LogP contribution in [0.15, 0.2) is 24.4 Å². The third-order valence-electron chi connectivity index (χ3n) is 1.28. The van der Waals surface area contributed by atoms with Crippen molar-refractivity contribution < 1.29 is 20.2 Å². The second-order valence-corrected chi connectivity index (χ2v) is 2.37. The molecule has 0 saturated carbocycles. The van der Waals surface area contributed by atoms with Gasteiger partial charge < -0.3 is 10.0 Å². The first kappa shape index (κ1) is 13.5. The zero-order valence-corrected chi connectivity index (χ0v) is 8.05. The zero-order valence-electron chi connectivity index (χ0n) is 8.05. The molecule has 1 heterocycles. The molecule has 1 aromatic rings. The van der Waals surface area contributed by atoms with Crippen molar-refractivity contribution >= 4 is 0 Å². The fourth-order valence-corrected chi connectivity index (χ4v) is 0.771. The largest absolute Gasteiger partial charge is 0.328 e. The van der Waals surface area contributed by atoms with Gasteiger partial charge in [-0.1, -0.05) is 6.07 Å². The molecule has 0 spiro atoms. The topological polar surface area (TPSA) is 129 Å². The standard InChI is InChI=1S/C7H8N2O3.HNO3/c10-9(11)12-6-4-7-3-1-2-5-8-7;2-1(3)4/h1-3,5H,4,6H2;(H,2,3,4). The zero-order chi connectivity index (χ0) is 12.4. The third kappa shape index (κ3) is 9.64.